The highest BCUT2D eigenvalue weighted by Crippen LogP contribution is 2.34. The third-order valence-electron chi connectivity index (χ3n) is 5.15. The number of fused-ring (bicyclic) bond motifs is 1. The van der Waals surface area contributed by atoms with Crippen LogP contribution in [0.15, 0.2) is 21.7 Å². The van der Waals surface area contributed by atoms with Gasteiger partial charge in [-0.3, -0.25) is 4.68 Å². The first-order valence-corrected chi connectivity index (χ1v) is 11.1. The van der Waals surface area contributed by atoms with Crippen LogP contribution in [0.25, 0.3) is 0 Å². The second-order valence-corrected chi connectivity index (χ2v) is 9.66. The molecule has 0 bridgehead atoms. The third-order valence-corrected chi connectivity index (χ3v) is 7.95. The van der Waals surface area contributed by atoms with E-state index >= 15 is 0 Å². The van der Waals surface area contributed by atoms with Crippen molar-refractivity contribution in [2.75, 3.05) is 0 Å². The lowest BCUT2D eigenvalue weighted by atomic mass is 9.95. The maximum atomic E-state index is 12.4. The second kappa shape index (κ2) is 6.61. The van der Waals surface area contributed by atoms with E-state index in [4.69, 9.17) is 5.10 Å². The van der Waals surface area contributed by atoms with Gasteiger partial charge in [0.1, 0.15) is 4.21 Å². The number of nitrogens with zero attached hydrogens (tertiary/aromatic N) is 2. The van der Waals surface area contributed by atoms with E-state index in [2.05, 4.69) is 9.40 Å². The molecule has 2 aromatic rings. The summed E-state index contributed by atoms with van der Waals surface area (Å²) in [4.78, 5) is 0. The maximum absolute atomic E-state index is 12.4. The highest BCUT2D eigenvalue weighted by molar-refractivity contribution is 7.91. The van der Waals surface area contributed by atoms with Crippen LogP contribution in [-0.4, -0.2) is 18.2 Å². The summed E-state index contributed by atoms with van der Waals surface area (Å²) in [6.07, 6.45) is 9.46. The molecule has 2 aromatic heterocycles. The lowest BCUT2D eigenvalue weighted by molar-refractivity contribution is 0.439. The lowest BCUT2D eigenvalue weighted by Crippen LogP contribution is -2.23. The second-order valence-electron chi connectivity index (χ2n) is 6.72. The van der Waals surface area contributed by atoms with E-state index in [0.29, 0.717) is 16.8 Å². The Hall–Kier alpha value is -1.18. The molecule has 2 aliphatic carbocycles. The maximum Gasteiger partial charge on any atom is 0.250 e. The molecule has 2 aliphatic rings. The van der Waals surface area contributed by atoms with E-state index in [-0.39, 0.29) is 0 Å². The van der Waals surface area contributed by atoms with Gasteiger partial charge < -0.3 is 0 Å². The number of rotatable bonds is 5. The molecule has 0 radical (unpaired) electrons. The molecule has 0 aliphatic heterocycles. The number of thiophene rings is 1. The van der Waals surface area contributed by atoms with Crippen molar-refractivity contribution in [2.24, 2.45) is 0 Å². The van der Waals surface area contributed by atoms with Gasteiger partial charge >= 0.3 is 0 Å². The van der Waals surface area contributed by atoms with E-state index in [1.807, 2.05) is 0 Å². The van der Waals surface area contributed by atoms with Gasteiger partial charge in [0.2, 0.25) is 10.0 Å². The molecule has 0 aromatic carbocycles. The molecule has 7 heteroatoms. The Morgan fingerprint density at radius 1 is 1.21 bits per heavy atom. The van der Waals surface area contributed by atoms with Crippen LogP contribution in [-0.2, 0) is 29.4 Å². The molecule has 4 rings (SSSR count). The van der Waals surface area contributed by atoms with Gasteiger partial charge in [-0.15, -0.1) is 11.3 Å². The Bertz CT molecular complexity index is 803. The van der Waals surface area contributed by atoms with Crippen LogP contribution in [0.4, 0.5) is 0 Å². The quantitative estimate of drug-likeness (QED) is 0.883. The fraction of sp³-hybridized carbons (Fsp3) is 0.588. The van der Waals surface area contributed by atoms with E-state index in [1.54, 1.807) is 17.5 Å². The molecule has 1 saturated carbocycles. The Labute approximate surface area is 147 Å². The number of sulfonamides is 1. The minimum atomic E-state index is -3.43. The average Bonchev–Trinajstić information content (AvgIpc) is 3.32. The Morgan fingerprint density at radius 2 is 2.00 bits per heavy atom. The Kier molecular flexibility index (Phi) is 4.49. The molecule has 1 fully saturated rings. The summed E-state index contributed by atoms with van der Waals surface area (Å²) < 4.78 is 30.1. The number of hydrogen-bond acceptors (Lipinski definition) is 4. The van der Waals surface area contributed by atoms with Gasteiger partial charge in [0, 0.05) is 5.69 Å². The van der Waals surface area contributed by atoms with Crippen molar-refractivity contribution in [3.8, 4) is 0 Å². The minimum Gasteiger partial charge on any atom is -0.266 e. The summed E-state index contributed by atoms with van der Waals surface area (Å²) in [6, 6.07) is 3.91. The lowest BCUT2D eigenvalue weighted by Gasteiger charge is -2.18. The first kappa shape index (κ1) is 16.3. The number of hydrogen-bond donors (Lipinski definition) is 1. The van der Waals surface area contributed by atoms with Crippen molar-refractivity contribution in [3.63, 3.8) is 0 Å². The van der Waals surface area contributed by atoms with E-state index in [1.165, 1.54) is 61.1 Å². The summed E-state index contributed by atoms with van der Waals surface area (Å²) in [6.45, 7) is 0.294. The van der Waals surface area contributed by atoms with E-state index < -0.39 is 10.0 Å². The standard InChI is InChI=1S/C17H23N3O2S2/c21-24(22,17-10-5-11-23-17)18-12-15-14-8-3-4-9-16(14)20(19-15)13-6-1-2-7-13/h5,10-11,13,18H,1-4,6-9,12H2. The highest BCUT2D eigenvalue weighted by Gasteiger charge is 2.27. The van der Waals surface area contributed by atoms with Crippen molar-refractivity contribution in [3.05, 3.63) is 34.5 Å². The summed E-state index contributed by atoms with van der Waals surface area (Å²) in [5.41, 5.74) is 3.58. The number of aromatic nitrogens is 2. The number of nitrogens with one attached hydrogen (secondary N) is 1. The highest BCUT2D eigenvalue weighted by atomic mass is 32.2. The molecule has 1 N–H and O–H groups in total. The Balaban J connectivity index is 1.59. The van der Waals surface area contributed by atoms with Gasteiger partial charge in [-0.05, 0) is 55.5 Å². The summed E-state index contributed by atoms with van der Waals surface area (Å²) in [5, 5.41) is 6.63. The molecule has 0 saturated heterocycles. The largest absolute Gasteiger partial charge is 0.266 e. The van der Waals surface area contributed by atoms with Crippen molar-refractivity contribution < 1.29 is 8.42 Å². The summed E-state index contributed by atoms with van der Waals surface area (Å²) >= 11 is 1.24. The molecule has 2 heterocycles. The van der Waals surface area contributed by atoms with Gasteiger partial charge in [0.15, 0.2) is 0 Å². The van der Waals surface area contributed by atoms with Gasteiger partial charge in [0.05, 0.1) is 18.3 Å². The average molecular weight is 366 g/mol. The first-order valence-electron chi connectivity index (χ1n) is 8.77. The van der Waals surface area contributed by atoms with Crippen LogP contribution in [0.1, 0.15) is 61.5 Å². The minimum absolute atomic E-state index is 0.294. The van der Waals surface area contributed by atoms with Crippen molar-refractivity contribution in [1.29, 1.82) is 0 Å². The van der Waals surface area contributed by atoms with Crippen LogP contribution < -0.4 is 4.72 Å². The van der Waals surface area contributed by atoms with Gasteiger partial charge in [-0.1, -0.05) is 18.9 Å². The third kappa shape index (κ3) is 3.05. The van der Waals surface area contributed by atoms with E-state index in [0.717, 1.165) is 18.5 Å². The van der Waals surface area contributed by atoms with Crippen molar-refractivity contribution in [2.45, 2.75) is 68.2 Å². The predicted molar refractivity (Wildman–Crippen MR) is 94.7 cm³/mol. The monoisotopic (exact) mass is 365 g/mol. The summed E-state index contributed by atoms with van der Waals surface area (Å²) in [7, 11) is -3.43. The molecule has 5 nitrogen and oxygen atoms in total. The topological polar surface area (TPSA) is 64.0 Å². The van der Waals surface area contributed by atoms with Crippen LogP contribution in [0.2, 0.25) is 0 Å². The normalized spacial score (nSPS) is 18.8. The fourth-order valence-electron chi connectivity index (χ4n) is 3.95. The van der Waals surface area contributed by atoms with Crippen LogP contribution in [0.5, 0.6) is 0 Å². The molecule has 0 unspecified atom stereocenters. The fourth-order valence-corrected chi connectivity index (χ4v) is 5.97. The van der Waals surface area contributed by atoms with Gasteiger partial charge in [-0.2, -0.15) is 5.10 Å². The predicted octanol–water partition coefficient (Wildman–Crippen LogP) is 3.42. The van der Waals surface area contributed by atoms with Crippen LogP contribution in [0.3, 0.4) is 0 Å². The molecule has 0 spiro atoms. The van der Waals surface area contributed by atoms with E-state index in [9.17, 15) is 8.42 Å². The zero-order valence-corrected chi connectivity index (χ0v) is 15.3. The van der Waals surface area contributed by atoms with Crippen molar-refractivity contribution >= 4 is 21.4 Å². The van der Waals surface area contributed by atoms with Gasteiger partial charge in [0.25, 0.3) is 0 Å². The first-order chi connectivity index (χ1) is 11.6. The molecule has 24 heavy (non-hydrogen) atoms. The molecule has 0 atom stereocenters. The van der Waals surface area contributed by atoms with Crippen LogP contribution >= 0.6 is 11.3 Å². The SMILES string of the molecule is O=S(=O)(NCc1nn(C2CCCC2)c2c1CCCC2)c1cccs1. The summed E-state index contributed by atoms with van der Waals surface area (Å²) in [5.74, 6) is 0. The Morgan fingerprint density at radius 3 is 2.75 bits per heavy atom. The van der Waals surface area contributed by atoms with Crippen molar-refractivity contribution in [1.82, 2.24) is 14.5 Å². The smallest absolute Gasteiger partial charge is 0.250 e. The van der Waals surface area contributed by atoms with Crippen LogP contribution in [0, 0.1) is 0 Å². The van der Waals surface area contributed by atoms with Gasteiger partial charge in [-0.25, -0.2) is 13.1 Å². The zero-order chi connectivity index (χ0) is 16.6. The molecular formula is C17H23N3O2S2. The molecule has 0 amide bonds. The molecule has 130 valence electrons. The zero-order valence-electron chi connectivity index (χ0n) is 13.7. The molecular weight excluding hydrogens is 342 g/mol.